The number of nitrogens with zero attached hydrogens (tertiary/aromatic N) is 2. The highest BCUT2D eigenvalue weighted by Crippen LogP contribution is 2.32. The monoisotopic (exact) mass is 359 g/mol. The van der Waals surface area contributed by atoms with E-state index in [0.717, 1.165) is 4.68 Å². The Morgan fingerprint density at radius 2 is 1.77 bits per heavy atom. The van der Waals surface area contributed by atoms with E-state index in [1.807, 2.05) is 0 Å². The molecule has 0 N–H and O–H groups in total. The summed E-state index contributed by atoms with van der Waals surface area (Å²) in [5, 5.41) is 3.47. The number of aromatic nitrogens is 2. The molecular formula is C14H13Cl2N2O3S. The lowest BCUT2D eigenvalue weighted by molar-refractivity contribution is 0.574. The van der Waals surface area contributed by atoms with E-state index in [1.165, 1.54) is 25.2 Å². The number of hydrogen-bond acceptors (Lipinski definition) is 4. The van der Waals surface area contributed by atoms with E-state index in [9.17, 15) is 13.2 Å². The molecule has 0 unspecified atom stereocenters. The van der Waals surface area contributed by atoms with Crippen molar-refractivity contribution in [2.24, 2.45) is 7.05 Å². The number of aryl methyl sites for hydroxylation is 1. The van der Waals surface area contributed by atoms with E-state index >= 15 is 0 Å². The molecule has 0 spiro atoms. The van der Waals surface area contributed by atoms with Crippen molar-refractivity contribution < 1.29 is 8.42 Å². The van der Waals surface area contributed by atoms with Crippen LogP contribution in [0.3, 0.4) is 0 Å². The minimum atomic E-state index is -4.05. The van der Waals surface area contributed by atoms with Crippen molar-refractivity contribution >= 4 is 33.0 Å². The molecule has 0 saturated heterocycles. The molecule has 0 aliphatic heterocycles. The van der Waals surface area contributed by atoms with Crippen LogP contribution >= 0.6 is 23.2 Å². The van der Waals surface area contributed by atoms with Crippen LogP contribution in [-0.2, 0) is 16.9 Å². The van der Waals surface area contributed by atoms with Gasteiger partial charge in [-0.2, -0.15) is 5.10 Å². The normalized spacial score (nSPS) is 11.9. The quantitative estimate of drug-likeness (QED) is 0.844. The maximum Gasteiger partial charge on any atom is 0.270 e. The van der Waals surface area contributed by atoms with Crippen molar-refractivity contribution in [1.29, 1.82) is 0 Å². The zero-order chi connectivity index (χ0) is 16.7. The van der Waals surface area contributed by atoms with Gasteiger partial charge in [-0.25, -0.2) is 13.1 Å². The summed E-state index contributed by atoms with van der Waals surface area (Å²) in [4.78, 5) is 11.8. The van der Waals surface area contributed by atoms with Crippen molar-refractivity contribution in [3.63, 3.8) is 0 Å². The molecule has 1 aromatic carbocycles. The fourth-order valence-corrected chi connectivity index (χ4v) is 4.28. The molecule has 0 amide bonds. The van der Waals surface area contributed by atoms with Gasteiger partial charge >= 0.3 is 0 Å². The molecule has 0 aliphatic rings. The van der Waals surface area contributed by atoms with Crippen LogP contribution in [0.2, 0.25) is 10.0 Å². The second-order valence-electron chi connectivity index (χ2n) is 5.01. The number of benzene rings is 1. The van der Waals surface area contributed by atoms with Gasteiger partial charge in [-0.3, -0.25) is 4.79 Å². The van der Waals surface area contributed by atoms with Crippen LogP contribution in [-0.4, -0.2) is 18.2 Å². The summed E-state index contributed by atoms with van der Waals surface area (Å²) in [5.41, 5.74) is 0.0124. The summed E-state index contributed by atoms with van der Waals surface area (Å²) >= 11 is 11.9. The highest BCUT2D eigenvalue weighted by Gasteiger charge is 2.27. The van der Waals surface area contributed by atoms with Crippen LogP contribution in [0.25, 0.3) is 0 Å². The fraction of sp³-hybridized carbons (Fsp3) is 0.286. The van der Waals surface area contributed by atoms with E-state index in [4.69, 9.17) is 23.2 Å². The van der Waals surface area contributed by atoms with Crippen molar-refractivity contribution in [1.82, 2.24) is 9.78 Å². The van der Waals surface area contributed by atoms with Gasteiger partial charge in [-0.1, -0.05) is 37.0 Å². The van der Waals surface area contributed by atoms with Gasteiger partial charge in [0.05, 0.1) is 10.0 Å². The lowest BCUT2D eigenvalue weighted by Crippen LogP contribution is -2.26. The molecule has 5 nitrogen and oxygen atoms in total. The van der Waals surface area contributed by atoms with Gasteiger partial charge < -0.3 is 0 Å². The van der Waals surface area contributed by atoms with E-state index in [2.05, 4.69) is 11.2 Å². The lowest BCUT2D eigenvalue weighted by Gasteiger charge is -2.11. The third kappa shape index (κ3) is 2.91. The van der Waals surface area contributed by atoms with Gasteiger partial charge in [0.2, 0.25) is 9.84 Å². The van der Waals surface area contributed by atoms with E-state index < -0.39 is 9.84 Å². The third-order valence-electron chi connectivity index (χ3n) is 3.09. The first kappa shape index (κ1) is 17.0. The van der Waals surface area contributed by atoms with Crippen molar-refractivity contribution in [3.8, 4) is 0 Å². The predicted octanol–water partition coefficient (Wildman–Crippen LogP) is 2.84. The minimum absolute atomic E-state index is 0.0470. The Morgan fingerprint density at radius 1 is 1.23 bits per heavy atom. The SMILES string of the molecule is CC(C)c1cc(S(=O)(=O)c2c(Cl)c[c]cc2Cl)nn(C)c1=O. The smallest absolute Gasteiger partial charge is 0.268 e. The molecule has 0 fully saturated rings. The molecule has 8 heteroatoms. The maximum absolute atomic E-state index is 12.8. The summed E-state index contributed by atoms with van der Waals surface area (Å²) in [6.07, 6.45) is 0. The first-order valence-electron chi connectivity index (χ1n) is 6.34. The molecule has 0 atom stereocenters. The predicted molar refractivity (Wildman–Crippen MR) is 84.3 cm³/mol. The second-order valence-corrected chi connectivity index (χ2v) is 7.65. The molecule has 2 rings (SSSR count). The van der Waals surface area contributed by atoms with Gasteiger partial charge in [0.15, 0.2) is 5.03 Å². The lowest BCUT2D eigenvalue weighted by atomic mass is 10.1. The van der Waals surface area contributed by atoms with E-state index in [-0.39, 0.29) is 31.4 Å². The molecule has 0 aliphatic carbocycles. The summed E-state index contributed by atoms with van der Waals surface area (Å²) in [6.45, 7) is 3.59. The molecular weight excluding hydrogens is 347 g/mol. The Bertz CT molecular complexity index is 869. The van der Waals surface area contributed by atoms with Gasteiger partial charge in [0.1, 0.15) is 4.90 Å². The zero-order valence-electron chi connectivity index (χ0n) is 12.1. The Balaban J connectivity index is 2.78. The number of sulfone groups is 1. The Labute approximate surface area is 138 Å². The molecule has 0 bridgehead atoms. The van der Waals surface area contributed by atoms with Crippen LogP contribution in [0.4, 0.5) is 0 Å². The average molecular weight is 360 g/mol. The minimum Gasteiger partial charge on any atom is -0.268 e. The molecule has 0 saturated carbocycles. The van der Waals surface area contributed by atoms with Gasteiger partial charge in [-0.15, -0.1) is 0 Å². The summed E-state index contributed by atoms with van der Waals surface area (Å²) in [5.74, 6) is -0.147. The van der Waals surface area contributed by atoms with Gasteiger partial charge in [0, 0.05) is 12.6 Å². The molecule has 1 radical (unpaired) electrons. The summed E-state index contributed by atoms with van der Waals surface area (Å²) in [7, 11) is -2.65. The highest BCUT2D eigenvalue weighted by molar-refractivity contribution is 7.91. The van der Waals surface area contributed by atoms with Crippen LogP contribution in [0, 0.1) is 6.07 Å². The molecule has 117 valence electrons. The van der Waals surface area contributed by atoms with Crippen LogP contribution in [0.5, 0.6) is 0 Å². The Kier molecular flexibility index (Phi) is 4.65. The van der Waals surface area contributed by atoms with Crippen molar-refractivity contribution in [2.45, 2.75) is 29.7 Å². The van der Waals surface area contributed by atoms with Crippen molar-refractivity contribution in [3.05, 3.63) is 50.2 Å². The first-order valence-corrected chi connectivity index (χ1v) is 8.58. The molecule has 2 aromatic rings. The Morgan fingerprint density at radius 3 is 2.27 bits per heavy atom. The number of rotatable bonds is 3. The van der Waals surface area contributed by atoms with Crippen LogP contribution in [0.1, 0.15) is 25.3 Å². The number of hydrogen-bond donors (Lipinski definition) is 0. The van der Waals surface area contributed by atoms with Gasteiger partial charge in [0.25, 0.3) is 5.56 Å². The third-order valence-corrected chi connectivity index (χ3v) is 5.64. The largest absolute Gasteiger partial charge is 0.270 e. The van der Waals surface area contributed by atoms with E-state index in [1.54, 1.807) is 13.8 Å². The van der Waals surface area contributed by atoms with Crippen molar-refractivity contribution in [2.75, 3.05) is 0 Å². The topological polar surface area (TPSA) is 69.0 Å². The van der Waals surface area contributed by atoms with E-state index in [0.29, 0.717) is 5.56 Å². The second kappa shape index (κ2) is 6.02. The number of halogens is 2. The maximum atomic E-state index is 12.8. The average Bonchev–Trinajstić information content (AvgIpc) is 2.40. The van der Waals surface area contributed by atoms with Crippen LogP contribution < -0.4 is 5.56 Å². The zero-order valence-corrected chi connectivity index (χ0v) is 14.4. The van der Waals surface area contributed by atoms with Crippen LogP contribution in [0.15, 0.2) is 32.9 Å². The first-order chi connectivity index (χ1) is 10.2. The molecule has 1 heterocycles. The van der Waals surface area contributed by atoms with Gasteiger partial charge in [-0.05, 0) is 30.2 Å². The Hall–Kier alpha value is -1.37. The molecule has 1 aromatic heterocycles. The highest BCUT2D eigenvalue weighted by atomic mass is 35.5. The summed E-state index contributed by atoms with van der Waals surface area (Å²) < 4.78 is 26.5. The summed E-state index contributed by atoms with van der Waals surface area (Å²) in [6, 6.07) is 6.53. The standard InChI is InChI=1S/C14H13Cl2N2O3S/c1-8(2)9-7-12(17-18(3)14(9)19)22(20,21)13-10(15)5-4-6-11(13)16/h5-8H,1-3H3. The molecule has 22 heavy (non-hydrogen) atoms. The fourth-order valence-electron chi connectivity index (χ4n) is 1.94.